The topological polar surface area (TPSA) is 114 Å². The number of carbonyl (C=O) groups is 2. The fourth-order valence-corrected chi connectivity index (χ4v) is 6.18. The summed E-state index contributed by atoms with van der Waals surface area (Å²) in [5.41, 5.74) is 0.828. The molecular weight excluding hydrogens is 617 g/mol. The van der Waals surface area contributed by atoms with Crippen molar-refractivity contribution in [1.82, 2.24) is 10.2 Å². The van der Waals surface area contributed by atoms with Gasteiger partial charge in [-0.05, 0) is 67.4 Å². The Balaban J connectivity index is 2.11. The molecule has 0 spiro atoms. The van der Waals surface area contributed by atoms with Crippen LogP contribution in [0.2, 0.25) is 10.0 Å². The van der Waals surface area contributed by atoms with Crippen LogP contribution in [0.1, 0.15) is 25.8 Å². The van der Waals surface area contributed by atoms with E-state index >= 15 is 0 Å². The maximum absolute atomic E-state index is 14.2. The van der Waals surface area contributed by atoms with Gasteiger partial charge in [0.1, 0.15) is 18.3 Å². The Labute approximate surface area is 262 Å². The predicted molar refractivity (Wildman–Crippen MR) is 167 cm³/mol. The zero-order valence-electron chi connectivity index (χ0n) is 24.6. The minimum atomic E-state index is -4.34. The molecule has 10 nitrogen and oxygen atoms in total. The highest BCUT2D eigenvalue weighted by molar-refractivity contribution is 7.92. The van der Waals surface area contributed by atoms with Crippen LogP contribution >= 0.6 is 23.2 Å². The Morgan fingerprint density at radius 3 is 2.14 bits per heavy atom. The molecule has 2 amide bonds. The Morgan fingerprint density at radius 2 is 1.58 bits per heavy atom. The molecule has 0 fully saturated rings. The Kier molecular flexibility index (Phi) is 11.9. The van der Waals surface area contributed by atoms with Crippen LogP contribution < -0.4 is 23.8 Å². The van der Waals surface area contributed by atoms with E-state index < -0.39 is 34.4 Å². The molecule has 3 aromatic carbocycles. The highest BCUT2D eigenvalue weighted by Gasteiger charge is 2.34. The number of nitrogens with zero attached hydrogens (tertiary/aromatic N) is 2. The monoisotopic (exact) mass is 651 g/mol. The number of sulfonamides is 1. The number of likely N-dealkylation sites (N-methyl/N-ethyl adjacent to an activating group) is 1. The highest BCUT2D eigenvalue weighted by Crippen LogP contribution is 2.33. The van der Waals surface area contributed by atoms with Crippen molar-refractivity contribution in [3.8, 4) is 17.2 Å². The number of methoxy groups -OCH3 is 2. The van der Waals surface area contributed by atoms with E-state index in [1.807, 2.05) is 6.92 Å². The summed E-state index contributed by atoms with van der Waals surface area (Å²) in [4.78, 5) is 28.2. The van der Waals surface area contributed by atoms with Crippen LogP contribution in [0.4, 0.5) is 5.69 Å². The number of hydrogen-bond donors (Lipinski definition) is 1. The molecule has 1 N–H and O–H groups in total. The maximum Gasteiger partial charge on any atom is 0.264 e. The molecule has 0 heterocycles. The van der Waals surface area contributed by atoms with Crippen molar-refractivity contribution in [3.63, 3.8) is 0 Å². The quantitative estimate of drug-likeness (QED) is 0.256. The van der Waals surface area contributed by atoms with Gasteiger partial charge < -0.3 is 24.4 Å². The molecule has 0 saturated heterocycles. The van der Waals surface area contributed by atoms with Crippen LogP contribution in [0.25, 0.3) is 0 Å². The fourth-order valence-electron chi connectivity index (χ4n) is 4.43. The van der Waals surface area contributed by atoms with Crippen molar-refractivity contribution in [3.05, 3.63) is 76.3 Å². The minimum Gasteiger partial charge on any atom is -0.494 e. The van der Waals surface area contributed by atoms with Crippen molar-refractivity contribution in [2.24, 2.45) is 0 Å². The average Bonchev–Trinajstić information content (AvgIpc) is 3.01. The van der Waals surface area contributed by atoms with Crippen molar-refractivity contribution in [2.45, 2.75) is 37.8 Å². The summed E-state index contributed by atoms with van der Waals surface area (Å²) < 4.78 is 45.4. The lowest BCUT2D eigenvalue weighted by Gasteiger charge is -2.33. The molecule has 0 aliphatic carbocycles. The van der Waals surface area contributed by atoms with Gasteiger partial charge in [0.15, 0.2) is 11.5 Å². The first-order valence-corrected chi connectivity index (χ1v) is 15.6. The van der Waals surface area contributed by atoms with E-state index in [9.17, 15) is 18.0 Å². The van der Waals surface area contributed by atoms with Crippen LogP contribution in [0.5, 0.6) is 17.2 Å². The molecule has 43 heavy (non-hydrogen) atoms. The fraction of sp³-hybridized carbons (Fsp3) is 0.333. The summed E-state index contributed by atoms with van der Waals surface area (Å²) in [7, 11) is -0.0299. The van der Waals surface area contributed by atoms with E-state index in [1.165, 1.54) is 44.4 Å². The van der Waals surface area contributed by atoms with Crippen LogP contribution in [0.3, 0.4) is 0 Å². The zero-order chi connectivity index (χ0) is 31.7. The number of halogens is 2. The van der Waals surface area contributed by atoms with Gasteiger partial charge in [0.25, 0.3) is 10.0 Å². The van der Waals surface area contributed by atoms with E-state index in [0.29, 0.717) is 28.7 Å². The Bertz CT molecular complexity index is 1540. The standard InChI is InChI=1S/C30H35Cl2N3O7S/c1-6-26(30(37)33-3)34(18-20-8-14-24(31)25(32)16-20)29(36)19-35(21-9-11-22(12-10-21)42-7-2)43(38,39)23-13-15-27(40-4)28(17-23)41-5/h8-17,26H,6-7,18-19H2,1-5H3,(H,33,37)/t26-/m0/s1. The van der Waals surface area contributed by atoms with Gasteiger partial charge in [-0.2, -0.15) is 0 Å². The van der Waals surface area contributed by atoms with Crippen LogP contribution in [-0.4, -0.2) is 65.6 Å². The van der Waals surface area contributed by atoms with Gasteiger partial charge >= 0.3 is 0 Å². The van der Waals surface area contributed by atoms with Crippen LogP contribution in [0.15, 0.2) is 65.6 Å². The Morgan fingerprint density at radius 1 is 0.907 bits per heavy atom. The summed E-state index contributed by atoms with van der Waals surface area (Å²) >= 11 is 12.3. The molecule has 232 valence electrons. The van der Waals surface area contributed by atoms with Gasteiger partial charge in [-0.3, -0.25) is 13.9 Å². The zero-order valence-corrected chi connectivity index (χ0v) is 26.9. The molecule has 0 aliphatic heterocycles. The number of ether oxygens (including phenoxy) is 3. The second-order valence-electron chi connectivity index (χ2n) is 9.26. The molecule has 0 aliphatic rings. The van der Waals surface area contributed by atoms with E-state index in [4.69, 9.17) is 37.4 Å². The summed E-state index contributed by atoms with van der Waals surface area (Å²) in [5, 5.41) is 3.21. The molecule has 3 aromatic rings. The molecule has 1 atom stereocenters. The average molecular weight is 653 g/mol. The van der Waals surface area contributed by atoms with E-state index in [2.05, 4.69) is 5.32 Å². The van der Waals surface area contributed by atoms with Gasteiger partial charge in [0, 0.05) is 19.7 Å². The number of rotatable bonds is 14. The second kappa shape index (κ2) is 15.2. The van der Waals surface area contributed by atoms with E-state index in [-0.39, 0.29) is 34.3 Å². The SMILES string of the molecule is CCOc1ccc(N(CC(=O)N(Cc2ccc(Cl)c(Cl)c2)[C@@H](CC)C(=O)NC)S(=O)(=O)c2ccc(OC)c(OC)c2)cc1. The number of anilines is 1. The largest absolute Gasteiger partial charge is 0.494 e. The van der Waals surface area contributed by atoms with Gasteiger partial charge in [0.05, 0.1) is 41.5 Å². The Hall–Kier alpha value is -3.67. The summed E-state index contributed by atoms with van der Waals surface area (Å²) in [5.74, 6) is 0.0708. The van der Waals surface area contributed by atoms with E-state index in [1.54, 1.807) is 49.4 Å². The lowest BCUT2D eigenvalue weighted by molar-refractivity contribution is -0.140. The third-order valence-corrected chi connectivity index (χ3v) is 9.14. The molecule has 13 heteroatoms. The smallest absolute Gasteiger partial charge is 0.264 e. The number of amides is 2. The van der Waals surface area contributed by atoms with Gasteiger partial charge in [-0.15, -0.1) is 0 Å². The molecule has 0 saturated carbocycles. The highest BCUT2D eigenvalue weighted by atomic mass is 35.5. The normalized spacial score (nSPS) is 11.8. The lowest BCUT2D eigenvalue weighted by atomic mass is 10.1. The molecule has 0 aromatic heterocycles. The molecule has 3 rings (SSSR count). The van der Waals surface area contributed by atoms with Gasteiger partial charge in [-0.1, -0.05) is 36.2 Å². The number of benzene rings is 3. The second-order valence-corrected chi connectivity index (χ2v) is 11.9. The van der Waals surface area contributed by atoms with Crippen molar-refractivity contribution < 1.29 is 32.2 Å². The van der Waals surface area contributed by atoms with Crippen molar-refractivity contribution in [2.75, 3.05) is 38.7 Å². The van der Waals surface area contributed by atoms with Crippen molar-refractivity contribution in [1.29, 1.82) is 0 Å². The molecule has 0 bridgehead atoms. The number of carbonyl (C=O) groups excluding carboxylic acids is 2. The third kappa shape index (κ3) is 8.04. The minimum absolute atomic E-state index is 0.0187. The molecule has 0 radical (unpaired) electrons. The predicted octanol–water partition coefficient (Wildman–Crippen LogP) is 5.16. The molecule has 0 unspecified atom stereocenters. The van der Waals surface area contributed by atoms with Gasteiger partial charge in [0.2, 0.25) is 11.8 Å². The number of nitrogens with one attached hydrogen (secondary N) is 1. The first-order valence-electron chi connectivity index (χ1n) is 13.4. The van der Waals surface area contributed by atoms with E-state index in [0.717, 1.165) is 4.31 Å². The summed E-state index contributed by atoms with van der Waals surface area (Å²) in [6.45, 7) is 3.39. The lowest BCUT2D eigenvalue weighted by Crippen LogP contribution is -2.51. The summed E-state index contributed by atoms with van der Waals surface area (Å²) in [6, 6.07) is 14.5. The maximum atomic E-state index is 14.2. The van der Waals surface area contributed by atoms with Crippen molar-refractivity contribution >= 4 is 50.7 Å². The van der Waals surface area contributed by atoms with Gasteiger partial charge in [-0.25, -0.2) is 8.42 Å². The van der Waals surface area contributed by atoms with Crippen LogP contribution in [-0.2, 0) is 26.2 Å². The first kappa shape index (κ1) is 33.8. The third-order valence-electron chi connectivity index (χ3n) is 6.63. The molecular formula is C30H35Cl2N3O7S. The number of hydrogen-bond acceptors (Lipinski definition) is 7. The first-order chi connectivity index (χ1) is 20.5. The van der Waals surface area contributed by atoms with Crippen LogP contribution in [0, 0.1) is 0 Å². The summed E-state index contributed by atoms with van der Waals surface area (Å²) in [6.07, 6.45) is 0.276.